The highest BCUT2D eigenvalue weighted by Gasteiger charge is 2.29. The molecule has 0 radical (unpaired) electrons. The van der Waals surface area contributed by atoms with Gasteiger partial charge in [0.25, 0.3) is 0 Å². The molecular weight excluding hydrogens is 276 g/mol. The van der Waals surface area contributed by atoms with E-state index in [1.165, 1.54) is 4.31 Å². The molecule has 2 heterocycles. The number of sulfonamides is 1. The van der Waals surface area contributed by atoms with Crippen LogP contribution in [-0.2, 0) is 10.0 Å². The molecule has 112 valence electrons. The highest BCUT2D eigenvalue weighted by molar-refractivity contribution is 7.89. The predicted octanol–water partition coefficient (Wildman–Crippen LogP) is 1.04. The van der Waals surface area contributed by atoms with Gasteiger partial charge in [0.15, 0.2) is 0 Å². The molecule has 20 heavy (non-hydrogen) atoms. The zero-order valence-electron chi connectivity index (χ0n) is 12.3. The van der Waals surface area contributed by atoms with E-state index in [9.17, 15) is 8.42 Å². The Morgan fingerprint density at radius 1 is 1.40 bits per heavy atom. The number of hydrogen-bond acceptors (Lipinski definition) is 5. The summed E-state index contributed by atoms with van der Waals surface area (Å²) in [5.41, 5.74) is 0.947. The molecular formula is C13H22N4O2S. The van der Waals surface area contributed by atoms with Gasteiger partial charge in [-0.2, -0.15) is 0 Å². The lowest BCUT2D eigenvalue weighted by molar-refractivity contribution is 0.311. The van der Waals surface area contributed by atoms with Crippen LogP contribution in [0, 0.1) is 6.92 Å². The summed E-state index contributed by atoms with van der Waals surface area (Å²) in [5, 5.41) is 0. The standard InChI is InChI=1S/C13H22N4O2S/c1-4-20(18,19)16(3)12-6-9-17(10-7-12)13-14-8-5-11(2)15-13/h5,8,12H,4,6-7,9-10H2,1-3H3. The fourth-order valence-corrected chi connectivity index (χ4v) is 3.52. The number of nitrogens with zero attached hydrogens (tertiary/aromatic N) is 4. The number of hydrogen-bond donors (Lipinski definition) is 0. The summed E-state index contributed by atoms with van der Waals surface area (Å²) in [6, 6.07) is 1.96. The molecule has 7 heteroatoms. The summed E-state index contributed by atoms with van der Waals surface area (Å²) in [6.07, 6.45) is 3.39. The van der Waals surface area contributed by atoms with Gasteiger partial charge in [-0.3, -0.25) is 0 Å². The van der Waals surface area contributed by atoms with E-state index in [1.807, 2.05) is 13.0 Å². The molecule has 6 nitrogen and oxygen atoms in total. The quantitative estimate of drug-likeness (QED) is 0.831. The minimum atomic E-state index is -3.10. The molecule has 0 saturated carbocycles. The van der Waals surface area contributed by atoms with Gasteiger partial charge in [0.1, 0.15) is 0 Å². The van der Waals surface area contributed by atoms with Gasteiger partial charge in [-0.25, -0.2) is 22.7 Å². The Balaban J connectivity index is 1.99. The molecule has 1 aromatic heterocycles. The van der Waals surface area contributed by atoms with Crippen molar-refractivity contribution < 1.29 is 8.42 Å². The summed E-state index contributed by atoms with van der Waals surface area (Å²) in [7, 11) is -1.42. The smallest absolute Gasteiger partial charge is 0.225 e. The van der Waals surface area contributed by atoms with Gasteiger partial charge in [-0.15, -0.1) is 0 Å². The number of aryl methyl sites for hydroxylation is 1. The van der Waals surface area contributed by atoms with Crippen LogP contribution >= 0.6 is 0 Å². The zero-order valence-corrected chi connectivity index (χ0v) is 13.1. The van der Waals surface area contributed by atoms with Crippen LogP contribution in [0.4, 0.5) is 5.95 Å². The van der Waals surface area contributed by atoms with Crippen LogP contribution in [0.5, 0.6) is 0 Å². The Bertz CT molecular complexity index is 553. The summed E-state index contributed by atoms with van der Waals surface area (Å²) >= 11 is 0. The van der Waals surface area contributed by atoms with Gasteiger partial charge in [-0.05, 0) is 32.8 Å². The zero-order chi connectivity index (χ0) is 14.8. The first-order valence-electron chi connectivity index (χ1n) is 6.94. The third-order valence-electron chi connectivity index (χ3n) is 3.85. The van der Waals surface area contributed by atoms with E-state index in [0.717, 1.165) is 37.6 Å². The molecule has 1 aliphatic rings. The minimum absolute atomic E-state index is 0.0843. The van der Waals surface area contributed by atoms with E-state index in [-0.39, 0.29) is 11.8 Å². The Morgan fingerprint density at radius 3 is 2.60 bits per heavy atom. The Hall–Kier alpha value is -1.21. The van der Waals surface area contributed by atoms with Crippen molar-refractivity contribution in [2.24, 2.45) is 0 Å². The first-order chi connectivity index (χ1) is 9.44. The molecule has 0 N–H and O–H groups in total. The molecule has 0 spiro atoms. The van der Waals surface area contributed by atoms with E-state index in [1.54, 1.807) is 20.2 Å². The Labute approximate surface area is 120 Å². The summed E-state index contributed by atoms with van der Waals surface area (Å²) < 4.78 is 25.3. The minimum Gasteiger partial charge on any atom is -0.341 e. The SMILES string of the molecule is CCS(=O)(=O)N(C)C1CCN(c2nccc(C)n2)CC1. The second kappa shape index (κ2) is 6.05. The molecule has 1 aromatic rings. The third-order valence-corrected chi connectivity index (χ3v) is 5.75. The Kier molecular flexibility index (Phi) is 4.59. The van der Waals surface area contributed by atoms with E-state index >= 15 is 0 Å². The molecule has 0 unspecified atom stereocenters. The van der Waals surface area contributed by atoms with Gasteiger partial charge >= 0.3 is 0 Å². The van der Waals surface area contributed by atoms with Crippen molar-refractivity contribution in [3.05, 3.63) is 18.0 Å². The van der Waals surface area contributed by atoms with Crippen LogP contribution in [0.15, 0.2) is 12.3 Å². The van der Waals surface area contributed by atoms with Gasteiger partial charge in [0, 0.05) is 38.1 Å². The van der Waals surface area contributed by atoms with E-state index in [0.29, 0.717) is 0 Å². The molecule has 1 saturated heterocycles. The van der Waals surface area contributed by atoms with Crippen molar-refractivity contribution in [1.82, 2.24) is 14.3 Å². The van der Waals surface area contributed by atoms with Crippen molar-refractivity contribution in [2.75, 3.05) is 30.8 Å². The van der Waals surface area contributed by atoms with Crippen LogP contribution in [-0.4, -0.2) is 54.6 Å². The second-order valence-electron chi connectivity index (χ2n) is 5.13. The molecule has 1 aliphatic heterocycles. The second-order valence-corrected chi connectivity index (χ2v) is 7.45. The topological polar surface area (TPSA) is 66.4 Å². The molecule has 2 rings (SSSR count). The van der Waals surface area contributed by atoms with Gasteiger partial charge < -0.3 is 4.90 Å². The first-order valence-corrected chi connectivity index (χ1v) is 8.55. The van der Waals surface area contributed by atoms with Crippen molar-refractivity contribution in [1.29, 1.82) is 0 Å². The maximum atomic E-state index is 11.9. The fraction of sp³-hybridized carbons (Fsp3) is 0.692. The fourth-order valence-electron chi connectivity index (χ4n) is 2.45. The summed E-state index contributed by atoms with van der Waals surface area (Å²) in [6.45, 7) is 5.20. The maximum absolute atomic E-state index is 11.9. The number of aromatic nitrogens is 2. The normalized spacial score (nSPS) is 17.7. The van der Waals surface area contributed by atoms with Crippen LogP contribution in [0.25, 0.3) is 0 Å². The average molecular weight is 298 g/mol. The van der Waals surface area contributed by atoms with Crippen LogP contribution in [0.2, 0.25) is 0 Å². The van der Waals surface area contributed by atoms with Crippen molar-refractivity contribution in [3.8, 4) is 0 Å². The van der Waals surface area contributed by atoms with Gasteiger partial charge in [0.2, 0.25) is 16.0 Å². The largest absolute Gasteiger partial charge is 0.341 e. The van der Waals surface area contributed by atoms with Gasteiger partial charge in [0.05, 0.1) is 5.75 Å². The van der Waals surface area contributed by atoms with Gasteiger partial charge in [-0.1, -0.05) is 0 Å². The lowest BCUT2D eigenvalue weighted by Gasteiger charge is -2.36. The van der Waals surface area contributed by atoms with E-state index in [2.05, 4.69) is 14.9 Å². The van der Waals surface area contributed by atoms with Crippen LogP contribution in [0.3, 0.4) is 0 Å². The van der Waals surface area contributed by atoms with Crippen LogP contribution < -0.4 is 4.90 Å². The lowest BCUT2D eigenvalue weighted by atomic mass is 10.1. The van der Waals surface area contributed by atoms with E-state index in [4.69, 9.17) is 0 Å². The van der Waals surface area contributed by atoms with Crippen molar-refractivity contribution in [2.45, 2.75) is 32.7 Å². The van der Waals surface area contributed by atoms with E-state index < -0.39 is 10.0 Å². The first kappa shape index (κ1) is 15.2. The highest BCUT2D eigenvalue weighted by atomic mass is 32.2. The highest BCUT2D eigenvalue weighted by Crippen LogP contribution is 2.21. The number of anilines is 1. The molecule has 1 fully saturated rings. The Morgan fingerprint density at radius 2 is 2.05 bits per heavy atom. The monoisotopic (exact) mass is 298 g/mol. The maximum Gasteiger partial charge on any atom is 0.225 e. The molecule has 0 aromatic carbocycles. The van der Waals surface area contributed by atoms with Crippen molar-refractivity contribution >= 4 is 16.0 Å². The summed E-state index contributed by atoms with van der Waals surface area (Å²) in [4.78, 5) is 10.8. The molecule has 0 amide bonds. The number of rotatable bonds is 4. The third kappa shape index (κ3) is 3.27. The molecule has 0 bridgehead atoms. The predicted molar refractivity (Wildman–Crippen MR) is 79.2 cm³/mol. The van der Waals surface area contributed by atoms with Crippen LogP contribution in [0.1, 0.15) is 25.5 Å². The average Bonchev–Trinajstić information content (AvgIpc) is 2.46. The lowest BCUT2D eigenvalue weighted by Crippen LogP contribution is -2.46. The van der Waals surface area contributed by atoms with Crippen molar-refractivity contribution in [3.63, 3.8) is 0 Å². The molecule has 0 aliphatic carbocycles. The number of piperidine rings is 1. The molecule has 0 atom stereocenters. The summed E-state index contributed by atoms with van der Waals surface area (Å²) in [5.74, 6) is 0.898.